The summed E-state index contributed by atoms with van der Waals surface area (Å²) in [7, 11) is 0. The summed E-state index contributed by atoms with van der Waals surface area (Å²) in [6, 6.07) is 43.1. The van der Waals surface area contributed by atoms with Crippen molar-refractivity contribution >= 4 is 21.6 Å². The first-order chi connectivity index (χ1) is 19.3. The van der Waals surface area contributed by atoms with Gasteiger partial charge in [0.25, 0.3) is 0 Å². The van der Waals surface area contributed by atoms with Gasteiger partial charge in [0.05, 0.1) is 27.3 Å². The highest BCUT2D eigenvalue weighted by atomic mass is 32.1. The van der Waals surface area contributed by atoms with Crippen molar-refractivity contribution in [2.45, 2.75) is 0 Å². The van der Waals surface area contributed by atoms with E-state index >= 15 is 0 Å². The van der Waals surface area contributed by atoms with Crippen LogP contribution in [-0.4, -0.2) is 19.9 Å². The lowest BCUT2D eigenvalue weighted by Gasteiger charge is -2.10. The van der Waals surface area contributed by atoms with Gasteiger partial charge in [-0.05, 0) is 17.5 Å². The number of hydrogen-bond donors (Lipinski definition) is 0. The highest BCUT2D eigenvalue weighted by molar-refractivity contribution is 7.17. The summed E-state index contributed by atoms with van der Waals surface area (Å²) in [6.45, 7) is 0. The summed E-state index contributed by atoms with van der Waals surface area (Å²) in [5.74, 6) is 1.39. The molecule has 0 radical (unpaired) electrons. The van der Waals surface area contributed by atoms with Gasteiger partial charge < -0.3 is 0 Å². The third-order valence-corrected chi connectivity index (χ3v) is 7.53. The molecule has 0 atom stereocenters. The minimum atomic E-state index is 0.681. The number of benzene rings is 4. The van der Waals surface area contributed by atoms with Crippen molar-refractivity contribution < 1.29 is 0 Å². The van der Waals surface area contributed by atoms with Crippen LogP contribution in [-0.2, 0) is 0 Å². The lowest BCUT2D eigenvalue weighted by Crippen LogP contribution is -1.96. The Labute approximate surface area is 230 Å². The van der Waals surface area contributed by atoms with Gasteiger partial charge in [0.2, 0.25) is 0 Å². The normalized spacial score (nSPS) is 11.1. The molecule has 39 heavy (non-hydrogen) atoms. The average molecular weight is 519 g/mol. The van der Waals surface area contributed by atoms with Crippen LogP contribution in [0.5, 0.6) is 0 Å². The molecule has 0 aliphatic carbocycles. The van der Waals surface area contributed by atoms with Gasteiger partial charge in [-0.1, -0.05) is 115 Å². The van der Waals surface area contributed by atoms with Gasteiger partial charge in [0.1, 0.15) is 0 Å². The van der Waals surface area contributed by atoms with E-state index in [1.165, 1.54) is 0 Å². The quantitative estimate of drug-likeness (QED) is 0.228. The highest BCUT2D eigenvalue weighted by Gasteiger charge is 2.14. The summed E-state index contributed by atoms with van der Waals surface area (Å²) in [4.78, 5) is 19.8. The van der Waals surface area contributed by atoms with Crippen LogP contribution < -0.4 is 0 Å². The van der Waals surface area contributed by atoms with Crippen LogP contribution in [0.1, 0.15) is 0 Å². The predicted octanol–water partition coefficient (Wildman–Crippen LogP) is 8.82. The number of nitrogens with zero attached hydrogens (tertiary/aromatic N) is 4. The second kappa shape index (κ2) is 10.0. The molecule has 0 amide bonds. The number of hydrogen-bond acceptors (Lipinski definition) is 5. The minimum Gasteiger partial charge on any atom is -0.228 e. The fourth-order valence-corrected chi connectivity index (χ4v) is 5.49. The van der Waals surface area contributed by atoms with Gasteiger partial charge in [-0.3, -0.25) is 0 Å². The van der Waals surface area contributed by atoms with E-state index in [-0.39, 0.29) is 0 Å². The molecule has 0 N–H and O–H groups in total. The van der Waals surface area contributed by atoms with Crippen molar-refractivity contribution in [3.63, 3.8) is 0 Å². The largest absolute Gasteiger partial charge is 0.228 e. The summed E-state index contributed by atoms with van der Waals surface area (Å²) in [5, 5.41) is 2.07. The first kappa shape index (κ1) is 23.1. The Bertz CT molecular complexity index is 1820. The molecule has 3 aromatic heterocycles. The third-order valence-electron chi connectivity index (χ3n) is 6.62. The second-order valence-corrected chi connectivity index (χ2v) is 10.1. The van der Waals surface area contributed by atoms with E-state index in [1.54, 1.807) is 11.3 Å². The maximum absolute atomic E-state index is 4.99. The second-order valence-electron chi connectivity index (χ2n) is 9.17. The summed E-state index contributed by atoms with van der Waals surface area (Å²) < 4.78 is 1.10. The molecule has 0 saturated carbocycles. The SMILES string of the molecule is c1ccc(-c2cc(-c3ccccc3)nc(-c3ccc(-c4nc(-c5ccccc5)c5sccc5n4)cc3)n2)cc1. The van der Waals surface area contributed by atoms with E-state index in [0.29, 0.717) is 11.6 Å². The van der Waals surface area contributed by atoms with Crippen molar-refractivity contribution in [2.75, 3.05) is 0 Å². The lowest BCUT2D eigenvalue weighted by molar-refractivity contribution is 1.18. The van der Waals surface area contributed by atoms with Crippen molar-refractivity contribution in [1.29, 1.82) is 0 Å². The van der Waals surface area contributed by atoms with Crippen molar-refractivity contribution in [1.82, 2.24) is 19.9 Å². The van der Waals surface area contributed by atoms with Crippen molar-refractivity contribution in [3.05, 3.63) is 133 Å². The Balaban J connectivity index is 1.31. The van der Waals surface area contributed by atoms with E-state index < -0.39 is 0 Å². The molecule has 3 heterocycles. The maximum Gasteiger partial charge on any atom is 0.160 e. The van der Waals surface area contributed by atoms with Crippen molar-refractivity contribution in [2.24, 2.45) is 0 Å². The standard InChI is InChI=1S/C34H22N4S/c1-4-10-23(11-5-1)29-22-30(24-12-6-2-7-13-24)37-33(36-29)26-16-18-27(19-17-26)34-35-28-20-21-39-32(28)31(38-34)25-14-8-3-9-15-25/h1-22H. The minimum absolute atomic E-state index is 0.681. The van der Waals surface area contributed by atoms with Crippen LogP contribution in [0.4, 0.5) is 0 Å². The molecule has 4 aromatic carbocycles. The predicted molar refractivity (Wildman–Crippen MR) is 160 cm³/mol. The fraction of sp³-hybridized carbons (Fsp3) is 0. The zero-order valence-corrected chi connectivity index (χ0v) is 21.7. The van der Waals surface area contributed by atoms with Crippen molar-refractivity contribution in [3.8, 4) is 56.5 Å². The van der Waals surface area contributed by atoms with E-state index in [1.807, 2.05) is 54.6 Å². The summed E-state index contributed by atoms with van der Waals surface area (Å²) in [6.07, 6.45) is 0. The summed E-state index contributed by atoms with van der Waals surface area (Å²) >= 11 is 1.67. The molecule has 0 bridgehead atoms. The number of fused-ring (bicyclic) bond motifs is 1. The van der Waals surface area contributed by atoms with Crippen LogP contribution in [0.2, 0.25) is 0 Å². The Hall–Kier alpha value is -5.00. The van der Waals surface area contributed by atoms with Gasteiger partial charge in [-0.25, -0.2) is 19.9 Å². The number of rotatable bonds is 5. The van der Waals surface area contributed by atoms with E-state index in [4.69, 9.17) is 19.9 Å². The van der Waals surface area contributed by atoms with Crippen LogP contribution in [0, 0.1) is 0 Å². The zero-order chi connectivity index (χ0) is 26.0. The van der Waals surface area contributed by atoms with E-state index in [0.717, 1.165) is 55.1 Å². The Morgan fingerprint density at radius 3 is 1.44 bits per heavy atom. The smallest absolute Gasteiger partial charge is 0.160 e. The molecule has 5 heteroatoms. The molecule has 0 aliphatic rings. The van der Waals surface area contributed by atoms with E-state index in [9.17, 15) is 0 Å². The monoisotopic (exact) mass is 518 g/mol. The van der Waals surface area contributed by atoms with Crippen LogP contribution in [0.15, 0.2) is 133 Å². The Morgan fingerprint density at radius 2 is 0.897 bits per heavy atom. The first-order valence-corrected chi connectivity index (χ1v) is 13.6. The molecule has 0 aliphatic heterocycles. The molecule has 7 aromatic rings. The molecule has 0 spiro atoms. The average Bonchev–Trinajstić information content (AvgIpc) is 3.51. The highest BCUT2D eigenvalue weighted by Crippen LogP contribution is 2.33. The molecule has 0 fully saturated rings. The maximum atomic E-state index is 4.99. The van der Waals surface area contributed by atoms with E-state index in [2.05, 4.69) is 78.2 Å². The summed E-state index contributed by atoms with van der Waals surface area (Å²) in [5.41, 5.74) is 8.79. The molecule has 184 valence electrons. The molecular formula is C34H22N4S. The molecule has 4 nitrogen and oxygen atoms in total. The fourth-order valence-electron chi connectivity index (χ4n) is 4.64. The molecule has 0 unspecified atom stereocenters. The molecule has 0 saturated heterocycles. The van der Waals surface area contributed by atoms with Gasteiger partial charge in [0.15, 0.2) is 11.6 Å². The number of thiophene rings is 1. The van der Waals surface area contributed by atoms with Crippen LogP contribution >= 0.6 is 11.3 Å². The first-order valence-electron chi connectivity index (χ1n) is 12.7. The lowest BCUT2D eigenvalue weighted by atomic mass is 10.1. The van der Waals surface area contributed by atoms with Crippen LogP contribution in [0.3, 0.4) is 0 Å². The van der Waals surface area contributed by atoms with Gasteiger partial charge >= 0.3 is 0 Å². The molecular weight excluding hydrogens is 496 g/mol. The van der Waals surface area contributed by atoms with Crippen LogP contribution in [0.25, 0.3) is 66.8 Å². The zero-order valence-electron chi connectivity index (χ0n) is 20.9. The Kier molecular flexibility index (Phi) is 5.96. The third kappa shape index (κ3) is 4.60. The number of aromatic nitrogens is 4. The molecule has 7 rings (SSSR count). The van der Waals surface area contributed by atoms with Gasteiger partial charge in [-0.2, -0.15) is 0 Å². The van der Waals surface area contributed by atoms with Gasteiger partial charge in [0, 0.05) is 27.8 Å². The van der Waals surface area contributed by atoms with Gasteiger partial charge in [-0.15, -0.1) is 11.3 Å². The topological polar surface area (TPSA) is 51.6 Å². The Morgan fingerprint density at radius 1 is 0.410 bits per heavy atom.